The zero-order valence-electron chi connectivity index (χ0n) is 17.3. The van der Waals surface area contributed by atoms with Gasteiger partial charge in [0.15, 0.2) is 0 Å². The number of hydrogen-bond donors (Lipinski definition) is 4. The van der Waals surface area contributed by atoms with Crippen molar-refractivity contribution in [3.05, 3.63) is 113 Å². The zero-order valence-corrected chi connectivity index (χ0v) is 17.3. The summed E-state index contributed by atoms with van der Waals surface area (Å²) in [5.74, 6) is -3.27. The van der Waals surface area contributed by atoms with Crippen LogP contribution < -0.4 is 0 Å². The molecule has 0 bridgehead atoms. The van der Waals surface area contributed by atoms with Crippen molar-refractivity contribution >= 4 is 17.9 Å². The standard InChI is InChI=1S/C16H14N2.C9H6O6/c1-3-7-13(8-4-1)11-15-12-17-16(18-15)14-9-5-2-6-10-14;10-7(11)4-1-2-5(8(12)13)6(3-4)9(14)15/h1-10,12H,11H2,(H,17,18);1-3H,(H,10,11)(H,12,13)(H,14,15). The summed E-state index contributed by atoms with van der Waals surface area (Å²) in [6.45, 7) is 0. The van der Waals surface area contributed by atoms with Gasteiger partial charge in [0.05, 0.1) is 22.4 Å². The molecule has 166 valence electrons. The Morgan fingerprint density at radius 1 is 0.727 bits per heavy atom. The van der Waals surface area contributed by atoms with Crippen LogP contribution in [0.5, 0.6) is 0 Å². The number of aromatic carboxylic acids is 3. The number of H-pyrrole nitrogens is 1. The van der Waals surface area contributed by atoms with Crippen molar-refractivity contribution in [2.75, 3.05) is 0 Å². The molecule has 0 aliphatic carbocycles. The lowest BCUT2D eigenvalue weighted by molar-refractivity contribution is 0.0649. The SMILES string of the molecule is O=C(O)c1ccc(C(=O)O)c(C(=O)O)c1.c1ccc(Cc2c[nH]c(-c3ccccc3)n2)cc1. The normalized spacial score (nSPS) is 10.1. The second-order valence-electron chi connectivity index (χ2n) is 6.94. The molecular formula is C25H20N2O6. The first-order valence-electron chi connectivity index (χ1n) is 9.82. The van der Waals surface area contributed by atoms with Gasteiger partial charge in [-0.1, -0.05) is 60.7 Å². The minimum absolute atomic E-state index is 0.266. The molecule has 33 heavy (non-hydrogen) atoms. The Labute approximate surface area is 188 Å². The Morgan fingerprint density at radius 2 is 1.33 bits per heavy atom. The molecule has 1 aromatic heterocycles. The Morgan fingerprint density at radius 3 is 1.91 bits per heavy atom. The van der Waals surface area contributed by atoms with E-state index in [4.69, 9.17) is 15.3 Å². The van der Waals surface area contributed by atoms with Gasteiger partial charge in [0.2, 0.25) is 0 Å². The first-order chi connectivity index (χ1) is 15.8. The van der Waals surface area contributed by atoms with E-state index in [2.05, 4.69) is 46.4 Å². The predicted molar refractivity (Wildman–Crippen MR) is 121 cm³/mol. The lowest BCUT2D eigenvalue weighted by Crippen LogP contribution is -2.10. The molecule has 1 heterocycles. The molecule has 0 atom stereocenters. The third kappa shape index (κ3) is 6.14. The van der Waals surface area contributed by atoms with Crippen LogP contribution in [0.25, 0.3) is 11.4 Å². The monoisotopic (exact) mass is 444 g/mol. The molecule has 0 unspecified atom stereocenters. The highest BCUT2D eigenvalue weighted by atomic mass is 16.4. The summed E-state index contributed by atoms with van der Waals surface area (Å²) >= 11 is 0. The number of aromatic amines is 1. The van der Waals surface area contributed by atoms with Crippen molar-refractivity contribution < 1.29 is 29.7 Å². The van der Waals surface area contributed by atoms with E-state index in [9.17, 15) is 14.4 Å². The van der Waals surface area contributed by atoms with Gasteiger partial charge in [-0.2, -0.15) is 0 Å². The number of nitrogens with one attached hydrogen (secondary N) is 1. The number of benzene rings is 3. The summed E-state index contributed by atoms with van der Waals surface area (Å²) in [5.41, 5.74) is 2.23. The average molecular weight is 444 g/mol. The van der Waals surface area contributed by atoms with Crippen LogP contribution in [0.2, 0.25) is 0 Å². The molecular weight excluding hydrogens is 424 g/mol. The van der Waals surface area contributed by atoms with Crippen molar-refractivity contribution in [1.29, 1.82) is 0 Å². The second-order valence-corrected chi connectivity index (χ2v) is 6.94. The van der Waals surface area contributed by atoms with Crippen molar-refractivity contribution in [1.82, 2.24) is 9.97 Å². The third-order valence-electron chi connectivity index (χ3n) is 4.63. The molecule has 0 amide bonds. The quantitative estimate of drug-likeness (QED) is 0.344. The molecule has 8 nitrogen and oxygen atoms in total. The van der Waals surface area contributed by atoms with Gasteiger partial charge in [0.25, 0.3) is 0 Å². The average Bonchev–Trinajstić information content (AvgIpc) is 3.28. The molecule has 3 aromatic carbocycles. The number of rotatable bonds is 6. The fraction of sp³-hybridized carbons (Fsp3) is 0.0400. The van der Waals surface area contributed by atoms with Crippen molar-refractivity contribution in [3.8, 4) is 11.4 Å². The van der Waals surface area contributed by atoms with E-state index in [1.165, 1.54) is 5.56 Å². The van der Waals surface area contributed by atoms with Crippen LogP contribution in [0, 0.1) is 0 Å². The highest BCUT2D eigenvalue weighted by Crippen LogP contribution is 2.16. The Kier molecular flexibility index (Phi) is 7.33. The smallest absolute Gasteiger partial charge is 0.336 e. The molecule has 0 spiro atoms. The summed E-state index contributed by atoms with van der Waals surface area (Å²) in [6.07, 6.45) is 2.85. The number of carboxylic acids is 3. The van der Waals surface area contributed by atoms with Gasteiger partial charge in [-0.05, 0) is 23.8 Å². The van der Waals surface area contributed by atoms with E-state index in [0.29, 0.717) is 0 Å². The van der Waals surface area contributed by atoms with Gasteiger partial charge in [-0.25, -0.2) is 19.4 Å². The number of aromatic nitrogens is 2. The van der Waals surface area contributed by atoms with Gasteiger partial charge >= 0.3 is 17.9 Å². The predicted octanol–water partition coefficient (Wildman–Crippen LogP) is 4.45. The lowest BCUT2D eigenvalue weighted by atomic mass is 10.0. The van der Waals surface area contributed by atoms with Crippen molar-refractivity contribution in [2.45, 2.75) is 6.42 Å². The number of imidazole rings is 1. The molecule has 4 N–H and O–H groups in total. The van der Waals surface area contributed by atoms with E-state index in [1.807, 2.05) is 30.5 Å². The molecule has 0 saturated carbocycles. The number of carbonyl (C=O) groups is 3. The van der Waals surface area contributed by atoms with E-state index >= 15 is 0 Å². The van der Waals surface area contributed by atoms with Gasteiger partial charge < -0.3 is 20.3 Å². The van der Waals surface area contributed by atoms with Crippen molar-refractivity contribution in [3.63, 3.8) is 0 Å². The maximum absolute atomic E-state index is 10.6. The largest absolute Gasteiger partial charge is 0.478 e. The molecule has 0 radical (unpaired) electrons. The number of nitrogens with zero attached hydrogens (tertiary/aromatic N) is 1. The minimum Gasteiger partial charge on any atom is -0.478 e. The Bertz CT molecular complexity index is 1270. The zero-order chi connectivity index (χ0) is 23.8. The van der Waals surface area contributed by atoms with E-state index in [-0.39, 0.29) is 5.56 Å². The fourth-order valence-electron chi connectivity index (χ4n) is 3.04. The summed E-state index contributed by atoms with van der Waals surface area (Å²) < 4.78 is 0. The second kappa shape index (κ2) is 10.5. The summed E-state index contributed by atoms with van der Waals surface area (Å²) in [6, 6.07) is 23.4. The van der Waals surface area contributed by atoms with Crippen LogP contribution in [0.3, 0.4) is 0 Å². The molecule has 0 fully saturated rings. The van der Waals surface area contributed by atoms with Gasteiger partial charge in [0, 0.05) is 18.2 Å². The lowest BCUT2D eigenvalue weighted by Gasteiger charge is -2.02. The van der Waals surface area contributed by atoms with Gasteiger partial charge in [-0.3, -0.25) is 0 Å². The number of carboxylic acid groups (broad SMARTS) is 3. The summed E-state index contributed by atoms with van der Waals surface area (Å²) in [4.78, 5) is 39.6. The topological polar surface area (TPSA) is 141 Å². The van der Waals surface area contributed by atoms with E-state index < -0.39 is 29.0 Å². The summed E-state index contributed by atoms with van der Waals surface area (Å²) in [5, 5.41) is 25.9. The van der Waals surface area contributed by atoms with E-state index in [0.717, 1.165) is 41.7 Å². The molecule has 0 aliphatic heterocycles. The van der Waals surface area contributed by atoms with Gasteiger partial charge in [0.1, 0.15) is 5.82 Å². The minimum atomic E-state index is -1.48. The van der Waals surface area contributed by atoms with E-state index in [1.54, 1.807) is 0 Å². The molecule has 0 saturated heterocycles. The first-order valence-corrected chi connectivity index (χ1v) is 9.82. The molecule has 8 heteroatoms. The van der Waals surface area contributed by atoms with Crippen LogP contribution in [-0.2, 0) is 6.42 Å². The Hall–Kier alpha value is -4.72. The molecule has 4 rings (SSSR count). The summed E-state index contributed by atoms with van der Waals surface area (Å²) in [7, 11) is 0. The van der Waals surface area contributed by atoms with Crippen LogP contribution in [0.15, 0.2) is 85.1 Å². The number of hydrogen-bond acceptors (Lipinski definition) is 4. The fourth-order valence-corrected chi connectivity index (χ4v) is 3.04. The van der Waals surface area contributed by atoms with Crippen LogP contribution in [0.4, 0.5) is 0 Å². The highest BCUT2D eigenvalue weighted by molar-refractivity contribution is 6.03. The van der Waals surface area contributed by atoms with Crippen LogP contribution in [0.1, 0.15) is 42.3 Å². The van der Waals surface area contributed by atoms with Gasteiger partial charge in [-0.15, -0.1) is 0 Å². The third-order valence-corrected chi connectivity index (χ3v) is 4.63. The highest BCUT2D eigenvalue weighted by Gasteiger charge is 2.18. The first kappa shape index (κ1) is 23.0. The van der Waals surface area contributed by atoms with Crippen LogP contribution >= 0.6 is 0 Å². The maximum atomic E-state index is 10.6. The van der Waals surface area contributed by atoms with Crippen molar-refractivity contribution in [2.24, 2.45) is 0 Å². The maximum Gasteiger partial charge on any atom is 0.336 e. The molecule has 0 aliphatic rings. The Balaban J connectivity index is 0.000000190. The molecule has 4 aromatic rings. The van der Waals surface area contributed by atoms with Crippen LogP contribution in [-0.4, -0.2) is 43.2 Å².